The molecule has 136 valence electrons. The van der Waals surface area contributed by atoms with Gasteiger partial charge in [0.15, 0.2) is 11.6 Å². The van der Waals surface area contributed by atoms with Crippen LogP contribution in [0.1, 0.15) is 37.4 Å². The van der Waals surface area contributed by atoms with Crippen molar-refractivity contribution < 1.29 is 8.78 Å². The third-order valence-electron chi connectivity index (χ3n) is 4.22. The van der Waals surface area contributed by atoms with E-state index in [1.54, 1.807) is 12.1 Å². The van der Waals surface area contributed by atoms with Crippen LogP contribution in [0.4, 0.5) is 20.4 Å². The highest BCUT2D eigenvalue weighted by Gasteiger charge is 2.22. The van der Waals surface area contributed by atoms with Gasteiger partial charge in [-0.15, -0.1) is 0 Å². The van der Waals surface area contributed by atoms with E-state index in [9.17, 15) is 14.0 Å². The fraction of sp³-hybridized carbons (Fsp3) is 0.333. The number of nitrogens with zero attached hydrogens (tertiary/aromatic N) is 2. The van der Waals surface area contributed by atoms with Crippen molar-refractivity contribution in [2.24, 2.45) is 0 Å². The summed E-state index contributed by atoms with van der Waals surface area (Å²) < 4.78 is 27.4. The summed E-state index contributed by atoms with van der Waals surface area (Å²) in [6.07, 6.45) is 0.595. The molecule has 2 unspecified atom stereocenters. The molecule has 6 nitrogen and oxygen atoms in total. The quantitative estimate of drug-likeness (QED) is 0.658. The summed E-state index contributed by atoms with van der Waals surface area (Å²) in [6.45, 7) is 3.87. The normalized spacial score (nSPS) is 20.4. The van der Waals surface area contributed by atoms with Gasteiger partial charge in [0.1, 0.15) is 17.7 Å². The molecule has 8 heteroatoms. The van der Waals surface area contributed by atoms with Crippen molar-refractivity contribution in [3.63, 3.8) is 0 Å². The highest BCUT2D eigenvalue weighted by Crippen LogP contribution is 2.25. The number of hydrogen-bond donors (Lipinski definition) is 4. The lowest BCUT2D eigenvalue weighted by molar-refractivity contribution is 0.565. The van der Waals surface area contributed by atoms with E-state index in [0.717, 1.165) is 18.1 Å². The first-order valence-corrected chi connectivity index (χ1v) is 8.36. The zero-order valence-electron chi connectivity index (χ0n) is 14.5. The first-order chi connectivity index (χ1) is 12.5. The van der Waals surface area contributed by atoms with Gasteiger partial charge in [-0.2, -0.15) is 5.26 Å². The average molecular weight is 358 g/mol. The summed E-state index contributed by atoms with van der Waals surface area (Å²) in [5, 5.41) is 15.4. The van der Waals surface area contributed by atoms with Gasteiger partial charge in [0.05, 0.1) is 11.7 Å². The SMILES string of the molecule is CC1CC(Nc2nc(N[C@@H](C)c3ccc(F)cc3)c(C#N)cc2F)NN1. The van der Waals surface area contributed by atoms with Gasteiger partial charge in [-0.05, 0) is 44.0 Å². The number of hydrogen-bond acceptors (Lipinski definition) is 6. The Labute approximate surface area is 150 Å². The number of benzene rings is 1. The Kier molecular flexibility index (Phi) is 5.30. The van der Waals surface area contributed by atoms with Crippen molar-refractivity contribution in [1.29, 1.82) is 5.26 Å². The first-order valence-electron chi connectivity index (χ1n) is 8.36. The Morgan fingerprint density at radius 3 is 2.58 bits per heavy atom. The molecule has 1 fully saturated rings. The number of nitrogens with one attached hydrogen (secondary N) is 4. The molecule has 2 heterocycles. The Morgan fingerprint density at radius 2 is 1.96 bits per heavy atom. The second-order valence-corrected chi connectivity index (χ2v) is 6.37. The van der Waals surface area contributed by atoms with E-state index < -0.39 is 5.82 Å². The largest absolute Gasteiger partial charge is 0.362 e. The minimum atomic E-state index is -0.595. The van der Waals surface area contributed by atoms with E-state index in [1.165, 1.54) is 12.1 Å². The molecule has 3 rings (SSSR count). The Hall–Kier alpha value is -2.76. The van der Waals surface area contributed by atoms with E-state index in [0.29, 0.717) is 0 Å². The summed E-state index contributed by atoms with van der Waals surface area (Å²) in [7, 11) is 0. The van der Waals surface area contributed by atoms with E-state index in [4.69, 9.17) is 0 Å². The number of rotatable bonds is 5. The van der Waals surface area contributed by atoms with Crippen molar-refractivity contribution in [3.05, 3.63) is 53.1 Å². The fourth-order valence-corrected chi connectivity index (χ4v) is 2.80. The second-order valence-electron chi connectivity index (χ2n) is 6.37. The van der Waals surface area contributed by atoms with E-state index in [-0.39, 0.29) is 41.3 Å². The van der Waals surface area contributed by atoms with Crippen molar-refractivity contribution in [2.45, 2.75) is 38.5 Å². The van der Waals surface area contributed by atoms with Crippen LogP contribution in [-0.2, 0) is 0 Å². The summed E-state index contributed by atoms with van der Waals surface area (Å²) in [4.78, 5) is 4.25. The minimum absolute atomic E-state index is 0.0613. The zero-order valence-corrected chi connectivity index (χ0v) is 14.5. The molecule has 3 atom stereocenters. The van der Waals surface area contributed by atoms with Crippen LogP contribution in [0.25, 0.3) is 0 Å². The molecule has 1 aromatic heterocycles. The van der Waals surface area contributed by atoms with Gasteiger partial charge in [-0.1, -0.05) is 12.1 Å². The number of hydrazine groups is 1. The van der Waals surface area contributed by atoms with Gasteiger partial charge in [0, 0.05) is 12.1 Å². The second kappa shape index (κ2) is 7.64. The standard InChI is InChI=1S/C18H20F2N6/c1-10-7-16(26-25-10)23-18-15(20)8-13(9-21)17(24-18)22-11(2)12-3-5-14(19)6-4-12/h3-6,8,10-11,16,25-26H,7H2,1-2H3,(H2,22,23,24)/t10?,11-,16?/m0/s1. The summed E-state index contributed by atoms with van der Waals surface area (Å²) >= 11 is 0. The van der Waals surface area contributed by atoms with Crippen LogP contribution in [0.5, 0.6) is 0 Å². The summed E-state index contributed by atoms with van der Waals surface area (Å²) in [5.41, 5.74) is 6.99. The molecule has 1 aromatic carbocycles. The fourth-order valence-electron chi connectivity index (χ4n) is 2.80. The molecule has 4 N–H and O–H groups in total. The van der Waals surface area contributed by atoms with Crippen LogP contribution >= 0.6 is 0 Å². The van der Waals surface area contributed by atoms with Gasteiger partial charge in [0.2, 0.25) is 0 Å². The van der Waals surface area contributed by atoms with Crippen LogP contribution in [0.15, 0.2) is 30.3 Å². The lowest BCUT2D eigenvalue weighted by atomic mass is 10.1. The summed E-state index contributed by atoms with van der Waals surface area (Å²) in [5.74, 6) is -0.585. The van der Waals surface area contributed by atoms with Crippen molar-refractivity contribution >= 4 is 11.6 Å². The van der Waals surface area contributed by atoms with Crippen molar-refractivity contribution in [2.75, 3.05) is 10.6 Å². The molecular weight excluding hydrogens is 338 g/mol. The Morgan fingerprint density at radius 1 is 1.23 bits per heavy atom. The van der Waals surface area contributed by atoms with E-state index in [2.05, 4.69) is 26.5 Å². The molecule has 1 saturated heterocycles. The monoisotopic (exact) mass is 358 g/mol. The van der Waals surface area contributed by atoms with Crippen molar-refractivity contribution in [3.8, 4) is 6.07 Å². The Bertz CT molecular complexity index is 818. The maximum absolute atomic E-state index is 14.3. The number of halogens is 2. The molecule has 1 aliphatic rings. The third-order valence-corrected chi connectivity index (χ3v) is 4.22. The molecule has 0 spiro atoms. The molecule has 0 amide bonds. The van der Waals surface area contributed by atoms with E-state index >= 15 is 0 Å². The van der Waals surface area contributed by atoms with Gasteiger partial charge in [-0.3, -0.25) is 5.43 Å². The maximum atomic E-state index is 14.3. The maximum Gasteiger partial charge on any atom is 0.166 e. The highest BCUT2D eigenvalue weighted by molar-refractivity contribution is 5.58. The molecule has 0 radical (unpaired) electrons. The van der Waals surface area contributed by atoms with Crippen LogP contribution in [0, 0.1) is 23.0 Å². The number of aromatic nitrogens is 1. The molecular formula is C18H20F2N6. The van der Waals surface area contributed by atoms with Crippen LogP contribution in [-0.4, -0.2) is 17.2 Å². The molecule has 0 saturated carbocycles. The van der Waals surface area contributed by atoms with Gasteiger partial charge in [0.25, 0.3) is 0 Å². The minimum Gasteiger partial charge on any atom is -0.362 e. The van der Waals surface area contributed by atoms with Crippen LogP contribution < -0.4 is 21.5 Å². The predicted molar refractivity (Wildman–Crippen MR) is 95.1 cm³/mol. The number of pyridine rings is 1. The molecule has 1 aliphatic heterocycles. The van der Waals surface area contributed by atoms with Gasteiger partial charge < -0.3 is 10.6 Å². The average Bonchev–Trinajstić information content (AvgIpc) is 3.03. The highest BCUT2D eigenvalue weighted by atomic mass is 19.1. The molecule has 0 aliphatic carbocycles. The predicted octanol–water partition coefficient (Wildman–Crippen LogP) is 3.03. The van der Waals surface area contributed by atoms with Gasteiger partial charge >= 0.3 is 0 Å². The number of anilines is 2. The smallest absolute Gasteiger partial charge is 0.166 e. The van der Waals surface area contributed by atoms with E-state index in [1.807, 2.05) is 19.9 Å². The van der Waals surface area contributed by atoms with Crippen LogP contribution in [0.3, 0.4) is 0 Å². The van der Waals surface area contributed by atoms with Gasteiger partial charge in [-0.25, -0.2) is 19.2 Å². The first kappa shape index (κ1) is 18.0. The summed E-state index contributed by atoms with van der Waals surface area (Å²) in [6, 6.07) is 9.15. The third kappa shape index (κ3) is 4.07. The molecule has 0 bridgehead atoms. The molecule has 26 heavy (non-hydrogen) atoms. The lowest BCUT2D eigenvalue weighted by Gasteiger charge is -2.19. The molecule has 2 aromatic rings. The number of nitriles is 1. The van der Waals surface area contributed by atoms with Crippen molar-refractivity contribution in [1.82, 2.24) is 15.8 Å². The Balaban J connectivity index is 1.82. The van der Waals surface area contributed by atoms with Crippen LogP contribution in [0.2, 0.25) is 0 Å². The topological polar surface area (TPSA) is 84.8 Å². The zero-order chi connectivity index (χ0) is 18.7. The lowest BCUT2D eigenvalue weighted by Crippen LogP contribution is -2.37.